The van der Waals surface area contributed by atoms with Crippen molar-refractivity contribution in [2.75, 3.05) is 0 Å². The number of aromatic nitrogens is 2. The minimum absolute atomic E-state index is 0.0978. The lowest BCUT2D eigenvalue weighted by atomic mass is 9.93. The highest BCUT2D eigenvalue weighted by molar-refractivity contribution is 5.93. The van der Waals surface area contributed by atoms with Crippen LogP contribution in [0.1, 0.15) is 91.4 Å². The minimum atomic E-state index is -0.994. The molecule has 1 heterocycles. The standard InChI is InChI=1S/C34H36FN3O3.C3H8/c1-6-24-17-30(35)18-29(14-22(24)4)25(7-2)15-28-16-27(11-8-21(28)3)32-19-31(37-38(32)5)33(39)36-20-23-9-12-26(13-10-23)34(40)41;1-3-2/h8-19,24H,6-7,20H2,1-5H3,(H,36,39)(H,40,41);3H2,1-2H3/b25-15+;. The first-order chi connectivity index (χ1) is 21.0. The molecule has 1 amide bonds. The van der Waals surface area contributed by atoms with E-state index in [1.165, 1.54) is 18.6 Å². The maximum absolute atomic E-state index is 14.7. The topological polar surface area (TPSA) is 84.2 Å². The van der Waals surface area contributed by atoms with Gasteiger partial charge in [-0.2, -0.15) is 5.10 Å². The molecule has 1 aliphatic rings. The van der Waals surface area contributed by atoms with Gasteiger partial charge < -0.3 is 10.4 Å². The van der Waals surface area contributed by atoms with Crippen molar-refractivity contribution in [3.05, 3.63) is 117 Å². The van der Waals surface area contributed by atoms with E-state index in [1.54, 1.807) is 42.1 Å². The van der Waals surface area contributed by atoms with Crippen LogP contribution in [0.4, 0.5) is 4.39 Å². The molecule has 0 saturated carbocycles. The number of carbonyl (C=O) groups is 2. The Kier molecular flexibility index (Phi) is 12.2. The van der Waals surface area contributed by atoms with Crippen LogP contribution in [0.5, 0.6) is 0 Å². The zero-order chi connectivity index (χ0) is 32.4. The number of aryl methyl sites for hydroxylation is 2. The molecular formula is C37H44FN3O3. The van der Waals surface area contributed by atoms with Crippen LogP contribution in [0.2, 0.25) is 0 Å². The van der Waals surface area contributed by atoms with Crippen LogP contribution < -0.4 is 5.32 Å². The summed E-state index contributed by atoms with van der Waals surface area (Å²) < 4.78 is 16.4. The third-order valence-electron chi connectivity index (χ3n) is 7.48. The van der Waals surface area contributed by atoms with Crippen molar-refractivity contribution in [1.29, 1.82) is 0 Å². The second-order valence-electron chi connectivity index (χ2n) is 11.1. The van der Waals surface area contributed by atoms with E-state index in [1.807, 2.05) is 19.1 Å². The zero-order valence-corrected chi connectivity index (χ0v) is 26.9. The molecule has 0 radical (unpaired) electrons. The summed E-state index contributed by atoms with van der Waals surface area (Å²) in [6.07, 6.45) is 10.4. The number of hydrogen-bond donors (Lipinski definition) is 2. The summed E-state index contributed by atoms with van der Waals surface area (Å²) in [7, 11) is 1.80. The first-order valence-corrected chi connectivity index (χ1v) is 15.2. The Morgan fingerprint density at radius 2 is 1.70 bits per heavy atom. The molecule has 1 aromatic heterocycles. The Balaban J connectivity index is 0.00000169. The molecule has 0 aliphatic heterocycles. The van der Waals surface area contributed by atoms with Crippen molar-refractivity contribution < 1.29 is 19.1 Å². The van der Waals surface area contributed by atoms with Gasteiger partial charge in [0.05, 0.1) is 11.3 Å². The van der Waals surface area contributed by atoms with Crippen LogP contribution in [-0.2, 0) is 13.6 Å². The molecule has 2 aromatic carbocycles. The van der Waals surface area contributed by atoms with Crippen molar-refractivity contribution in [3.8, 4) is 11.3 Å². The summed E-state index contributed by atoms with van der Waals surface area (Å²) in [5, 5.41) is 16.3. The number of nitrogens with one attached hydrogen (secondary N) is 1. The van der Waals surface area contributed by atoms with Crippen molar-refractivity contribution in [3.63, 3.8) is 0 Å². The van der Waals surface area contributed by atoms with E-state index in [-0.39, 0.29) is 35.5 Å². The minimum Gasteiger partial charge on any atom is -0.478 e. The maximum atomic E-state index is 14.7. The van der Waals surface area contributed by atoms with Gasteiger partial charge in [0, 0.05) is 25.1 Å². The van der Waals surface area contributed by atoms with Gasteiger partial charge >= 0.3 is 5.97 Å². The number of aromatic carboxylic acids is 1. The van der Waals surface area contributed by atoms with E-state index in [0.717, 1.165) is 57.5 Å². The Morgan fingerprint density at radius 3 is 2.32 bits per heavy atom. The Morgan fingerprint density at radius 1 is 1.02 bits per heavy atom. The van der Waals surface area contributed by atoms with Gasteiger partial charge in [0.2, 0.25) is 0 Å². The Bertz CT molecular complexity index is 1610. The molecule has 44 heavy (non-hydrogen) atoms. The van der Waals surface area contributed by atoms with Crippen molar-refractivity contribution in [1.82, 2.24) is 15.1 Å². The highest BCUT2D eigenvalue weighted by Gasteiger charge is 2.16. The number of amides is 1. The quantitative estimate of drug-likeness (QED) is 0.258. The van der Waals surface area contributed by atoms with E-state index >= 15 is 0 Å². The molecule has 2 N–H and O–H groups in total. The zero-order valence-electron chi connectivity index (χ0n) is 26.9. The van der Waals surface area contributed by atoms with Gasteiger partial charge in [-0.1, -0.05) is 76.1 Å². The molecule has 0 fully saturated rings. The fourth-order valence-corrected chi connectivity index (χ4v) is 4.96. The first kappa shape index (κ1) is 34.0. The Labute approximate surface area is 260 Å². The largest absolute Gasteiger partial charge is 0.478 e. The van der Waals surface area contributed by atoms with Crippen molar-refractivity contribution in [2.45, 2.75) is 67.3 Å². The van der Waals surface area contributed by atoms with Crippen LogP contribution in [0.15, 0.2) is 89.3 Å². The molecule has 0 bridgehead atoms. The molecule has 3 aromatic rings. The summed E-state index contributed by atoms with van der Waals surface area (Å²) >= 11 is 0. The van der Waals surface area contributed by atoms with E-state index in [4.69, 9.17) is 5.11 Å². The van der Waals surface area contributed by atoms with E-state index < -0.39 is 5.97 Å². The third-order valence-corrected chi connectivity index (χ3v) is 7.48. The van der Waals surface area contributed by atoms with E-state index in [9.17, 15) is 14.0 Å². The summed E-state index contributed by atoms with van der Waals surface area (Å²) in [6.45, 7) is 12.7. The third kappa shape index (κ3) is 8.75. The second kappa shape index (κ2) is 15.8. The predicted molar refractivity (Wildman–Crippen MR) is 177 cm³/mol. The molecule has 232 valence electrons. The van der Waals surface area contributed by atoms with Crippen LogP contribution in [0.25, 0.3) is 17.3 Å². The van der Waals surface area contributed by atoms with Gasteiger partial charge in [0.1, 0.15) is 5.83 Å². The Hall–Kier alpha value is -4.52. The molecule has 7 heteroatoms. The smallest absolute Gasteiger partial charge is 0.335 e. The molecule has 1 atom stereocenters. The first-order valence-electron chi connectivity index (χ1n) is 15.2. The summed E-state index contributed by atoms with van der Waals surface area (Å²) in [5.74, 6) is -1.42. The highest BCUT2D eigenvalue weighted by Crippen LogP contribution is 2.31. The van der Waals surface area contributed by atoms with Crippen molar-refractivity contribution in [2.24, 2.45) is 13.0 Å². The molecule has 0 saturated heterocycles. The number of hydrogen-bond acceptors (Lipinski definition) is 3. The summed E-state index contributed by atoms with van der Waals surface area (Å²) in [4.78, 5) is 23.9. The van der Waals surface area contributed by atoms with Crippen LogP contribution in [0.3, 0.4) is 0 Å². The number of carboxylic acids is 1. The number of nitrogens with zero attached hydrogens (tertiary/aromatic N) is 2. The lowest BCUT2D eigenvalue weighted by Crippen LogP contribution is -2.23. The van der Waals surface area contributed by atoms with Gasteiger partial charge in [0.25, 0.3) is 5.91 Å². The number of halogens is 1. The average Bonchev–Trinajstić information content (AvgIpc) is 3.32. The maximum Gasteiger partial charge on any atom is 0.335 e. The van der Waals surface area contributed by atoms with Crippen LogP contribution in [-0.4, -0.2) is 26.8 Å². The lowest BCUT2D eigenvalue weighted by molar-refractivity contribution is 0.0696. The normalized spacial score (nSPS) is 14.9. The van der Waals surface area contributed by atoms with Gasteiger partial charge in [-0.05, 0) is 90.9 Å². The summed E-state index contributed by atoms with van der Waals surface area (Å²) in [6, 6.07) is 14.2. The van der Waals surface area contributed by atoms with Gasteiger partial charge in [-0.15, -0.1) is 0 Å². The molecule has 0 spiro atoms. The highest BCUT2D eigenvalue weighted by atomic mass is 19.1. The fraction of sp³-hybridized carbons (Fsp3) is 0.324. The molecule has 4 rings (SSSR count). The van der Waals surface area contributed by atoms with Gasteiger partial charge in [-0.3, -0.25) is 9.48 Å². The van der Waals surface area contributed by atoms with E-state index in [0.29, 0.717) is 0 Å². The number of allylic oxidation sites excluding steroid dienone is 7. The van der Waals surface area contributed by atoms with Crippen molar-refractivity contribution >= 4 is 18.0 Å². The molecule has 1 unspecified atom stereocenters. The summed E-state index contributed by atoms with van der Waals surface area (Å²) in [5.41, 5.74) is 8.16. The second-order valence-corrected chi connectivity index (χ2v) is 11.1. The number of carbonyl (C=O) groups excluding carboxylic acids is 1. The van der Waals surface area contributed by atoms with E-state index in [2.05, 4.69) is 63.3 Å². The monoisotopic (exact) mass is 597 g/mol. The molecule has 6 nitrogen and oxygen atoms in total. The van der Waals surface area contributed by atoms with Gasteiger partial charge in [0.15, 0.2) is 5.69 Å². The SMILES string of the molecule is CC/C(=C\c1cc(-c2cc(C(=O)NCc3ccc(C(=O)O)cc3)nn2C)ccc1C)C1=CC(F)=CC(CC)C(C)=C1.CCC. The molecule has 1 aliphatic carbocycles. The number of benzene rings is 2. The van der Waals surface area contributed by atoms with Crippen LogP contribution >= 0.6 is 0 Å². The number of carboxylic acid groups (broad SMARTS) is 1. The van der Waals surface area contributed by atoms with Gasteiger partial charge in [-0.25, -0.2) is 9.18 Å². The molecular weight excluding hydrogens is 553 g/mol. The average molecular weight is 598 g/mol. The lowest BCUT2D eigenvalue weighted by Gasteiger charge is -2.12. The van der Waals surface area contributed by atoms with Crippen LogP contribution in [0, 0.1) is 12.8 Å². The predicted octanol–water partition coefficient (Wildman–Crippen LogP) is 9.00. The number of rotatable bonds is 9. The fourth-order valence-electron chi connectivity index (χ4n) is 4.96.